The van der Waals surface area contributed by atoms with E-state index in [1.165, 1.54) is 4.68 Å². The Morgan fingerprint density at radius 1 is 1.53 bits per heavy atom. The molecule has 0 aliphatic heterocycles. The van der Waals surface area contributed by atoms with E-state index in [0.717, 1.165) is 0 Å². The van der Waals surface area contributed by atoms with Gasteiger partial charge in [-0.3, -0.25) is 4.68 Å². The number of nitrogens with zero attached hydrogens (tertiary/aromatic N) is 3. The van der Waals surface area contributed by atoms with Gasteiger partial charge in [0, 0.05) is 7.05 Å². The highest BCUT2D eigenvalue weighted by molar-refractivity contribution is 5.94. The van der Waals surface area contributed by atoms with Crippen molar-refractivity contribution in [3.8, 4) is 0 Å². The molecule has 2 aromatic rings. The van der Waals surface area contributed by atoms with E-state index in [4.69, 9.17) is 4.42 Å². The summed E-state index contributed by atoms with van der Waals surface area (Å²) in [5.41, 5.74) is 0.630. The third-order valence-corrected chi connectivity index (χ3v) is 2.80. The van der Waals surface area contributed by atoms with Crippen molar-refractivity contribution in [2.45, 2.75) is 26.8 Å². The summed E-state index contributed by atoms with van der Waals surface area (Å²) in [6, 6.07) is -0.249. The van der Waals surface area contributed by atoms with Crippen LogP contribution >= 0.6 is 0 Å². The molecule has 2 N–H and O–H groups in total. The lowest BCUT2D eigenvalue weighted by Crippen LogP contribution is -2.13. The maximum Gasteiger partial charge on any atom is 0.341 e. The minimum Gasteiger partial charge on any atom is -0.477 e. The van der Waals surface area contributed by atoms with Gasteiger partial charge in [-0.15, -0.1) is 0 Å². The van der Waals surface area contributed by atoms with Crippen LogP contribution in [0, 0.1) is 13.8 Å². The number of aryl methyl sites for hydroxylation is 3. The number of aromatic carboxylic acids is 1. The number of hydrogen-bond acceptors (Lipinski definition) is 5. The van der Waals surface area contributed by atoms with Crippen LogP contribution in [0.5, 0.6) is 0 Å². The van der Waals surface area contributed by atoms with Crippen LogP contribution in [0.25, 0.3) is 0 Å². The predicted octanol–water partition coefficient (Wildman–Crippen LogP) is 1.90. The van der Waals surface area contributed by atoms with E-state index in [1.54, 1.807) is 27.1 Å². The third kappa shape index (κ3) is 2.44. The SMILES string of the molecule is Cc1cnc(C(C)Nc2c(C(=O)O)c(C)nn2C)o1. The molecule has 0 aliphatic rings. The first-order chi connectivity index (χ1) is 8.90. The van der Waals surface area contributed by atoms with Gasteiger partial charge in [0.25, 0.3) is 0 Å². The van der Waals surface area contributed by atoms with Gasteiger partial charge in [0.15, 0.2) is 0 Å². The number of carbonyl (C=O) groups is 1. The van der Waals surface area contributed by atoms with E-state index in [2.05, 4.69) is 15.4 Å². The summed E-state index contributed by atoms with van der Waals surface area (Å²) in [6.45, 7) is 5.31. The average molecular weight is 264 g/mol. The highest BCUT2D eigenvalue weighted by Crippen LogP contribution is 2.24. The Kier molecular flexibility index (Phi) is 3.28. The normalized spacial score (nSPS) is 12.4. The highest BCUT2D eigenvalue weighted by Gasteiger charge is 2.22. The minimum atomic E-state index is -1.01. The average Bonchev–Trinajstić information content (AvgIpc) is 2.84. The van der Waals surface area contributed by atoms with Crippen molar-refractivity contribution in [1.29, 1.82) is 0 Å². The van der Waals surface area contributed by atoms with E-state index in [1.807, 2.05) is 6.92 Å². The summed E-state index contributed by atoms with van der Waals surface area (Å²) >= 11 is 0. The first-order valence-corrected chi connectivity index (χ1v) is 5.86. The molecule has 0 aliphatic carbocycles. The van der Waals surface area contributed by atoms with Gasteiger partial charge in [-0.05, 0) is 20.8 Å². The molecule has 2 rings (SSSR count). The van der Waals surface area contributed by atoms with Crippen molar-refractivity contribution in [1.82, 2.24) is 14.8 Å². The van der Waals surface area contributed by atoms with Gasteiger partial charge in [-0.2, -0.15) is 5.10 Å². The smallest absolute Gasteiger partial charge is 0.341 e. The fourth-order valence-corrected chi connectivity index (χ4v) is 1.92. The van der Waals surface area contributed by atoms with Crippen LogP contribution in [-0.2, 0) is 7.05 Å². The van der Waals surface area contributed by atoms with Gasteiger partial charge in [-0.1, -0.05) is 0 Å². The molecule has 1 atom stereocenters. The Morgan fingerprint density at radius 3 is 2.74 bits per heavy atom. The number of anilines is 1. The van der Waals surface area contributed by atoms with Crippen LogP contribution in [0.4, 0.5) is 5.82 Å². The zero-order valence-electron chi connectivity index (χ0n) is 11.3. The maximum absolute atomic E-state index is 11.2. The summed E-state index contributed by atoms with van der Waals surface area (Å²) in [6.07, 6.45) is 1.63. The van der Waals surface area contributed by atoms with E-state index in [9.17, 15) is 9.90 Å². The van der Waals surface area contributed by atoms with Crippen LogP contribution < -0.4 is 5.32 Å². The zero-order chi connectivity index (χ0) is 14.2. The summed E-state index contributed by atoms with van der Waals surface area (Å²) in [4.78, 5) is 15.4. The van der Waals surface area contributed by atoms with Gasteiger partial charge >= 0.3 is 5.97 Å². The Hall–Kier alpha value is -2.31. The molecule has 1 unspecified atom stereocenters. The number of hydrogen-bond donors (Lipinski definition) is 2. The molecule has 0 spiro atoms. The monoisotopic (exact) mass is 264 g/mol. The molecule has 0 bridgehead atoms. The zero-order valence-corrected chi connectivity index (χ0v) is 11.3. The lowest BCUT2D eigenvalue weighted by Gasteiger charge is -2.12. The summed E-state index contributed by atoms with van der Waals surface area (Å²) in [5.74, 6) is 0.647. The number of aromatic nitrogens is 3. The molecule has 0 fully saturated rings. The van der Waals surface area contributed by atoms with Crippen molar-refractivity contribution in [2.24, 2.45) is 7.05 Å². The van der Waals surface area contributed by atoms with Gasteiger partial charge in [0.05, 0.1) is 11.9 Å². The largest absolute Gasteiger partial charge is 0.477 e. The molecular formula is C12H16N4O3. The van der Waals surface area contributed by atoms with Crippen molar-refractivity contribution >= 4 is 11.8 Å². The van der Waals surface area contributed by atoms with Crippen LogP contribution in [0.15, 0.2) is 10.6 Å². The predicted molar refractivity (Wildman–Crippen MR) is 68.2 cm³/mol. The van der Waals surface area contributed by atoms with Crippen LogP contribution in [0.1, 0.15) is 40.7 Å². The first kappa shape index (κ1) is 13.1. The Balaban J connectivity index is 2.31. The lowest BCUT2D eigenvalue weighted by molar-refractivity contribution is 0.0697. The summed E-state index contributed by atoms with van der Waals surface area (Å²) < 4.78 is 6.92. The molecule has 19 heavy (non-hydrogen) atoms. The van der Waals surface area contributed by atoms with Crippen molar-refractivity contribution < 1.29 is 14.3 Å². The maximum atomic E-state index is 11.2. The third-order valence-electron chi connectivity index (χ3n) is 2.80. The molecule has 0 amide bonds. The number of carboxylic acid groups (broad SMARTS) is 1. The Labute approximate surface area is 110 Å². The second-order valence-corrected chi connectivity index (χ2v) is 4.41. The fraction of sp³-hybridized carbons (Fsp3) is 0.417. The van der Waals surface area contributed by atoms with Gasteiger partial charge < -0.3 is 14.8 Å². The summed E-state index contributed by atoms with van der Waals surface area (Å²) in [5, 5.41) is 16.4. The molecule has 0 saturated carbocycles. The van der Waals surface area contributed by atoms with Crippen LogP contribution in [-0.4, -0.2) is 25.8 Å². The Bertz CT molecular complexity index is 615. The van der Waals surface area contributed by atoms with Crippen LogP contribution in [0.2, 0.25) is 0 Å². The molecule has 102 valence electrons. The summed E-state index contributed by atoms with van der Waals surface area (Å²) in [7, 11) is 1.69. The molecule has 7 heteroatoms. The van der Waals surface area contributed by atoms with Gasteiger partial charge in [0.1, 0.15) is 23.2 Å². The molecule has 2 heterocycles. The van der Waals surface area contributed by atoms with E-state index < -0.39 is 5.97 Å². The molecule has 0 aromatic carbocycles. The second-order valence-electron chi connectivity index (χ2n) is 4.41. The Morgan fingerprint density at radius 2 is 2.21 bits per heavy atom. The molecule has 2 aromatic heterocycles. The van der Waals surface area contributed by atoms with Crippen molar-refractivity contribution in [3.05, 3.63) is 29.1 Å². The quantitative estimate of drug-likeness (QED) is 0.876. The number of nitrogens with one attached hydrogen (secondary N) is 1. The molecular weight excluding hydrogens is 248 g/mol. The standard InChI is InChI=1S/C12H16N4O3/c1-6-5-13-11(19-6)8(3)14-10-9(12(17)18)7(2)15-16(10)4/h5,8,14H,1-4H3,(H,17,18). The topological polar surface area (TPSA) is 93.2 Å². The highest BCUT2D eigenvalue weighted by atomic mass is 16.4. The van der Waals surface area contributed by atoms with E-state index >= 15 is 0 Å². The van der Waals surface area contributed by atoms with Crippen molar-refractivity contribution in [2.75, 3.05) is 5.32 Å². The van der Waals surface area contributed by atoms with Crippen molar-refractivity contribution in [3.63, 3.8) is 0 Å². The molecule has 0 saturated heterocycles. The van der Waals surface area contributed by atoms with Gasteiger partial charge in [-0.25, -0.2) is 9.78 Å². The molecule has 7 nitrogen and oxygen atoms in total. The number of carboxylic acids is 1. The van der Waals surface area contributed by atoms with E-state index in [0.29, 0.717) is 23.2 Å². The lowest BCUT2D eigenvalue weighted by atomic mass is 10.2. The molecule has 0 radical (unpaired) electrons. The number of oxazole rings is 1. The minimum absolute atomic E-state index is 0.164. The fourth-order valence-electron chi connectivity index (χ4n) is 1.92. The number of rotatable bonds is 4. The van der Waals surface area contributed by atoms with E-state index in [-0.39, 0.29) is 11.6 Å². The van der Waals surface area contributed by atoms with Gasteiger partial charge in [0.2, 0.25) is 5.89 Å². The first-order valence-electron chi connectivity index (χ1n) is 5.86. The van der Waals surface area contributed by atoms with Crippen LogP contribution in [0.3, 0.4) is 0 Å². The second kappa shape index (κ2) is 4.75.